The Morgan fingerprint density at radius 3 is 3.00 bits per heavy atom. The van der Waals surface area contributed by atoms with Crippen molar-refractivity contribution >= 4 is 27.5 Å². The number of para-hydroxylation sites is 2. The van der Waals surface area contributed by atoms with Crippen LogP contribution in [0, 0.1) is 0 Å². The van der Waals surface area contributed by atoms with Crippen LogP contribution in [0.25, 0.3) is 11.1 Å². The van der Waals surface area contributed by atoms with Crippen LogP contribution in [0.3, 0.4) is 0 Å². The topological polar surface area (TPSA) is 46.3 Å². The normalized spacial score (nSPS) is 12.9. The minimum atomic E-state index is 0.382. The number of rotatable bonds is 2. The third-order valence-corrected chi connectivity index (χ3v) is 2.67. The molecule has 0 bridgehead atoms. The van der Waals surface area contributed by atoms with Gasteiger partial charge in [-0.05, 0) is 19.1 Å². The van der Waals surface area contributed by atoms with Crippen molar-refractivity contribution in [2.24, 2.45) is 0 Å². The van der Waals surface area contributed by atoms with Crippen LogP contribution in [0.15, 0.2) is 28.7 Å². The number of thiol groups is 1. The predicted molar refractivity (Wildman–Crippen MR) is 60.0 cm³/mol. The average molecular weight is 209 g/mol. The van der Waals surface area contributed by atoms with Gasteiger partial charge in [-0.1, -0.05) is 12.1 Å². The number of aliphatic hydroxyl groups excluding tert-OH is 1. The lowest BCUT2D eigenvalue weighted by molar-refractivity contribution is 0.554. The van der Waals surface area contributed by atoms with E-state index in [4.69, 9.17) is 9.52 Å². The summed E-state index contributed by atoms with van der Waals surface area (Å²) < 4.78 is 5.48. The number of fused-ring (bicyclic) bond motifs is 1. The van der Waals surface area contributed by atoms with E-state index in [9.17, 15) is 0 Å². The van der Waals surface area contributed by atoms with Crippen LogP contribution in [0.4, 0.5) is 0 Å². The van der Waals surface area contributed by atoms with E-state index in [0.29, 0.717) is 16.7 Å². The Morgan fingerprint density at radius 2 is 2.29 bits per heavy atom. The second-order valence-corrected chi connectivity index (χ2v) is 4.22. The molecule has 0 aliphatic rings. The molecule has 0 saturated heterocycles. The lowest BCUT2D eigenvalue weighted by atomic mass is 10.3. The van der Waals surface area contributed by atoms with Crippen LogP contribution >= 0.6 is 11.4 Å². The number of aromatic nitrogens is 1. The third kappa shape index (κ3) is 2.02. The Balaban J connectivity index is 2.31. The van der Waals surface area contributed by atoms with Gasteiger partial charge in [0.05, 0.1) is 10.8 Å². The molecule has 0 radical (unpaired) electrons. The molecule has 0 atom stereocenters. The summed E-state index contributed by atoms with van der Waals surface area (Å²) in [6, 6.07) is 7.64. The van der Waals surface area contributed by atoms with Crippen LogP contribution in [-0.2, 0) is 5.75 Å². The maximum atomic E-state index is 9.02. The van der Waals surface area contributed by atoms with E-state index >= 15 is 0 Å². The third-order valence-electron chi connectivity index (χ3n) is 1.78. The number of hydrogen-bond donors (Lipinski definition) is 2. The fourth-order valence-electron chi connectivity index (χ4n) is 1.17. The molecule has 1 aromatic carbocycles. The molecular formula is C10H11NO2S. The second kappa shape index (κ2) is 3.94. The first-order chi connectivity index (χ1) is 6.75. The van der Waals surface area contributed by atoms with Crippen molar-refractivity contribution in [1.29, 1.82) is 0 Å². The molecule has 4 heteroatoms. The number of benzene rings is 1. The molecule has 0 amide bonds. The van der Waals surface area contributed by atoms with Gasteiger partial charge in [0.15, 0.2) is 5.58 Å². The van der Waals surface area contributed by atoms with Gasteiger partial charge in [-0.25, -0.2) is 4.98 Å². The summed E-state index contributed by atoms with van der Waals surface area (Å²) in [7, 11) is 0. The highest BCUT2D eigenvalue weighted by molar-refractivity contribution is 7.97. The fraction of sp³-hybridized carbons (Fsp3) is 0.200. The van der Waals surface area contributed by atoms with E-state index in [2.05, 4.69) is 4.98 Å². The van der Waals surface area contributed by atoms with E-state index in [-0.39, 0.29) is 0 Å². The molecule has 2 aromatic rings. The first-order valence-corrected chi connectivity index (χ1v) is 5.38. The Bertz CT molecular complexity index is 439. The van der Waals surface area contributed by atoms with E-state index in [1.54, 1.807) is 6.92 Å². The van der Waals surface area contributed by atoms with Gasteiger partial charge in [0.25, 0.3) is 0 Å². The van der Waals surface area contributed by atoms with E-state index < -0.39 is 0 Å². The van der Waals surface area contributed by atoms with Gasteiger partial charge in [0.1, 0.15) is 5.52 Å². The lowest BCUT2D eigenvalue weighted by Crippen LogP contribution is -1.83. The van der Waals surface area contributed by atoms with Gasteiger partial charge in [-0.2, -0.15) is 11.4 Å². The minimum absolute atomic E-state index is 0.382. The Hall–Kier alpha value is -1.13. The molecule has 14 heavy (non-hydrogen) atoms. The van der Waals surface area contributed by atoms with Gasteiger partial charge in [0, 0.05) is 0 Å². The number of hydrogen-bond acceptors (Lipinski definition) is 2. The molecule has 1 heterocycles. The van der Waals surface area contributed by atoms with Crippen molar-refractivity contribution in [3.63, 3.8) is 0 Å². The van der Waals surface area contributed by atoms with Crippen LogP contribution < -0.4 is 0 Å². The molecule has 3 nitrogen and oxygen atoms in total. The molecule has 1 aromatic heterocycles. The molecule has 74 valence electrons. The zero-order valence-electron chi connectivity index (χ0n) is 7.77. The van der Waals surface area contributed by atoms with Gasteiger partial charge >= 0.3 is 0 Å². The molecule has 0 saturated carbocycles. The highest BCUT2D eigenvalue weighted by Crippen LogP contribution is 2.16. The zero-order valence-corrected chi connectivity index (χ0v) is 8.66. The van der Waals surface area contributed by atoms with Crippen molar-refractivity contribution in [2.75, 3.05) is 0 Å². The Morgan fingerprint density at radius 1 is 1.50 bits per heavy atom. The Kier molecular flexibility index (Phi) is 2.65. The lowest BCUT2D eigenvalue weighted by Gasteiger charge is -1.88. The quantitative estimate of drug-likeness (QED) is 0.590. The maximum absolute atomic E-state index is 9.02. The molecule has 0 aliphatic carbocycles. The molecule has 2 rings (SSSR count). The van der Waals surface area contributed by atoms with Crippen LogP contribution in [-0.4, -0.2) is 15.1 Å². The van der Waals surface area contributed by atoms with Crippen LogP contribution in [0.5, 0.6) is 0 Å². The standard InChI is InChI=1S/C10H11NO2S/c1-7(12)14-6-10-11-8-4-2-3-5-9(8)13-10/h2-5,12,14H,6H2,1H3. The van der Waals surface area contributed by atoms with Crippen LogP contribution in [0.2, 0.25) is 0 Å². The van der Waals surface area contributed by atoms with Crippen molar-refractivity contribution in [3.8, 4) is 0 Å². The Labute approximate surface area is 85.3 Å². The summed E-state index contributed by atoms with van der Waals surface area (Å²) in [5.74, 6) is 1.29. The monoisotopic (exact) mass is 209 g/mol. The summed E-state index contributed by atoms with van der Waals surface area (Å²) in [6.07, 6.45) is 0. The highest BCUT2D eigenvalue weighted by Gasteiger charge is 2.02. The highest BCUT2D eigenvalue weighted by atomic mass is 32.1. The average Bonchev–Trinajstić information content (AvgIpc) is 2.57. The maximum Gasteiger partial charge on any atom is 0.204 e. The fourth-order valence-corrected chi connectivity index (χ4v) is 1.67. The summed E-state index contributed by atoms with van der Waals surface area (Å²) >= 11 is 0.841. The molecule has 0 spiro atoms. The minimum Gasteiger partial charge on any atom is -0.440 e. The summed E-state index contributed by atoms with van der Waals surface area (Å²) in [4.78, 5) is 4.29. The SMILES string of the molecule is CC(O)=[SH]Cc1nc2ccccc2o1. The van der Waals surface area contributed by atoms with E-state index in [0.717, 1.165) is 22.5 Å². The van der Waals surface area contributed by atoms with Crippen LogP contribution in [0.1, 0.15) is 12.8 Å². The summed E-state index contributed by atoms with van der Waals surface area (Å²) in [5, 5.41) is 9.41. The van der Waals surface area contributed by atoms with Gasteiger partial charge in [0.2, 0.25) is 5.89 Å². The molecule has 0 fully saturated rings. The van der Waals surface area contributed by atoms with Crippen molar-refractivity contribution < 1.29 is 9.52 Å². The smallest absolute Gasteiger partial charge is 0.204 e. The summed E-state index contributed by atoms with van der Waals surface area (Å²) in [5.41, 5.74) is 1.67. The van der Waals surface area contributed by atoms with Crippen molar-refractivity contribution in [2.45, 2.75) is 12.7 Å². The first-order valence-electron chi connectivity index (χ1n) is 4.30. The van der Waals surface area contributed by atoms with Gasteiger partial charge in [-0.15, -0.1) is 0 Å². The molecule has 1 N–H and O–H groups in total. The number of oxazole rings is 1. The van der Waals surface area contributed by atoms with E-state index in [1.807, 2.05) is 24.3 Å². The molecule has 0 aliphatic heterocycles. The molecular weight excluding hydrogens is 198 g/mol. The van der Waals surface area contributed by atoms with Gasteiger partial charge in [-0.3, -0.25) is 0 Å². The number of nitrogens with zero attached hydrogens (tertiary/aromatic N) is 1. The summed E-state index contributed by atoms with van der Waals surface area (Å²) in [6.45, 7) is 1.67. The van der Waals surface area contributed by atoms with E-state index in [1.165, 1.54) is 0 Å². The zero-order chi connectivity index (χ0) is 9.97. The van der Waals surface area contributed by atoms with Gasteiger partial charge < -0.3 is 9.52 Å². The molecule has 0 unspecified atom stereocenters. The second-order valence-electron chi connectivity index (χ2n) is 2.94. The van der Waals surface area contributed by atoms with Crippen molar-refractivity contribution in [3.05, 3.63) is 30.2 Å². The van der Waals surface area contributed by atoms with Crippen molar-refractivity contribution in [1.82, 2.24) is 4.98 Å². The first kappa shape index (κ1) is 9.43. The largest absolute Gasteiger partial charge is 0.440 e. The predicted octanol–water partition coefficient (Wildman–Crippen LogP) is 2.50. The number of aliphatic hydroxyl groups is 1.